The molecule has 1 aliphatic heterocycles. The van der Waals surface area contributed by atoms with E-state index in [1.807, 2.05) is 51.1 Å². The van der Waals surface area contributed by atoms with Crippen molar-refractivity contribution in [3.8, 4) is 6.07 Å². The van der Waals surface area contributed by atoms with Crippen LogP contribution < -0.4 is 21.3 Å². The first kappa shape index (κ1) is 29.0. The van der Waals surface area contributed by atoms with Gasteiger partial charge in [-0.25, -0.2) is 9.79 Å². The van der Waals surface area contributed by atoms with Crippen molar-refractivity contribution in [1.82, 2.24) is 0 Å². The van der Waals surface area contributed by atoms with E-state index < -0.39 is 0 Å². The number of fused-ring (bicyclic) bond motifs is 4. The number of hydrogen-bond donors (Lipinski definition) is 4. The number of rotatable bonds is 3. The number of hydrogen-bond acceptors (Lipinski definition) is 5. The fourth-order valence-electron chi connectivity index (χ4n) is 3.90. The molecule has 3 aromatic rings. The number of halogens is 1. The number of nitrogens with one attached hydrogen (secondary N) is 4. The van der Waals surface area contributed by atoms with Gasteiger partial charge in [0.05, 0.1) is 16.7 Å². The number of nitriles is 1. The van der Waals surface area contributed by atoms with Crippen LogP contribution in [0.4, 0.5) is 27.5 Å². The molecule has 1 unspecified atom stereocenters. The molecule has 0 saturated heterocycles. The van der Waals surface area contributed by atoms with Crippen molar-refractivity contribution in [2.45, 2.75) is 39.8 Å². The fourth-order valence-corrected chi connectivity index (χ4v) is 4.00. The van der Waals surface area contributed by atoms with Crippen LogP contribution in [0.15, 0.2) is 95.5 Å². The largest absolute Gasteiger partial charge is 0.364 e. The van der Waals surface area contributed by atoms with Gasteiger partial charge in [0.15, 0.2) is 0 Å². The molecule has 1 heterocycles. The van der Waals surface area contributed by atoms with Gasteiger partial charge in [0.25, 0.3) is 0 Å². The molecule has 4 N–H and O–H groups in total. The van der Waals surface area contributed by atoms with Crippen LogP contribution in [0.3, 0.4) is 0 Å². The molecule has 0 radical (unpaired) electrons. The normalized spacial score (nSPS) is 15.9. The summed E-state index contributed by atoms with van der Waals surface area (Å²) in [5, 5.41) is 21.9. The van der Waals surface area contributed by atoms with E-state index in [-0.39, 0.29) is 12.2 Å². The molecule has 2 amide bonds. The summed E-state index contributed by atoms with van der Waals surface area (Å²) in [6.07, 6.45) is 4.93. The Kier molecular flexibility index (Phi) is 10.7. The molecule has 0 spiro atoms. The Labute approximate surface area is 235 Å². The highest BCUT2D eigenvalue weighted by Crippen LogP contribution is 2.24. The second kappa shape index (κ2) is 14.4. The minimum absolute atomic E-state index is 0.226. The molecule has 1 aliphatic rings. The Balaban J connectivity index is 0.00000134. The zero-order valence-electron chi connectivity index (χ0n) is 22.4. The lowest BCUT2D eigenvalue weighted by Crippen LogP contribution is -2.21. The Bertz CT molecular complexity index is 1410. The van der Waals surface area contributed by atoms with Gasteiger partial charge in [0.2, 0.25) is 0 Å². The molecule has 1 atom stereocenters. The molecule has 0 fully saturated rings. The van der Waals surface area contributed by atoms with Gasteiger partial charge in [-0.3, -0.25) is 0 Å². The second-order valence-corrected chi connectivity index (χ2v) is 9.26. The number of carbonyl (C=O) groups excluding carboxylic acids is 1. The fraction of sp³-hybridized carbons (Fsp3) is 0.194. The highest BCUT2D eigenvalue weighted by atomic mass is 35.5. The number of anilines is 4. The average Bonchev–Trinajstić information content (AvgIpc) is 2.92. The number of amides is 2. The van der Waals surface area contributed by atoms with Crippen molar-refractivity contribution in [2.75, 3.05) is 21.3 Å². The Morgan fingerprint density at radius 1 is 1.03 bits per heavy atom. The summed E-state index contributed by atoms with van der Waals surface area (Å²) in [5.41, 5.74) is 5.76. The van der Waals surface area contributed by atoms with Crippen molar-refractivity contribution < 1.29 is 4.79 Å². The average molecular weight is 541 g/mol. The zero-order chi connectivity index (χ0) is 28.2. The molecule has 0 aromatic heterocycles. The lowest BCUT2D eigenvalue weighted by atomic mass is 10.0. The predicted molar refractivity (Wildman–Crippen MR) is 164 cm³/mol. The third kappa shape index (κ3) is 9.06. The quantitative estimate of drug-likeness (QED) is 0.253. The molecule has 4 rings (SSSR count). The Morgan fingerprint density at radius 3 is 2.38 bits per heavy atom. The van der Waals surface area contributed by atoms with Crippen LogP contribution in [0.1, 0.15) is 37.5 Å². The molecule has 4 bridgehead atoms. The van der Waals surface area contributed by atoms with E-state index in [0.717, 1.165) is 29.8 Å². The highest BCUT2D eigenvalue weighted by Gasteiger charge is 2.12. The van der Waals surface area contributed by atoms with Gasteiger partial charge in [-0.05, 0) is 99.3 Å². The van der Waals surface area contributed by atoms with Crippen molar-refractivity contribution in [3.63, 3.8) is 0 Å². The van der Waals surface area contributed by atoms with Gasteiger partial charge in [-0.1, -0.05) is 35.9 Å². The molecule has 39 heavy (non-hydrogen) atoms. The van der Waals surface area contributed by atoms with Crippen LogP contribution >= 0.6 is 11.6 Å². The lowest BCUT2D eigenvalue weighted by molar-refractivity contribution is 0.262. The van der Waals surface area contributed by atoms with Crippen molar-refractivity contribution in [3.05, 3.63) is 107 Å². The Hall–Kier alpha value is -4.54. The number of aryl methyl sites for hydroxylation is 2. The number of allylic oxidation sites excluding steroid dienone is 2. The number of amidine groups is 1. The lowest BCUT2D eigenvalue weighted by Gasteiger charge is -2.16. The predicted octanol–water partition coefficient (Wildman–Crippen LogP) is 7.90. The van der Waals surface area contributed by atoms with E-state index in [1.165, 1.54) is 5.56 Å². The minimum atomic E-state index is -0.383. The molecule has 0 saturated carbocycles. The van der Waals surface area contributed by atoms with Crippen LogP contribution in [-0.2, 0) is 12.8 Å². The summed E-state index contributed by atoms with van der Waals surface area (Å²) in [5.74, 6) is 0.528. The summed E-state index contributed by atoms with van der Waals surface area (Å²) >= 11 is 6.49. The Morgan fingerprint density at radius 2 is 1.69 bits per heavy atom. The third-order valence-electron chi connectivity index (χ3n) is 5.59. The monoisotopic (exact) mass is 540 g/mol. The van der Waals surface area contributed by atoms with Gasteiger partial charge in [0.1, 0.15) is 12.0 Å². The van der Waals surface area contributed by atoms with E-state index in [0.29, 0.717) is 27.8 Å². The summed E-state index contributed by atoms with van der Waals surface area (Å²) in [6.45, 7) is 9.07. The zero-order valence-corrected chi connectivity index (χ0v) is 23.1. The van der Waals surface area contributed by atoms with E-state index in [1.54, 1.807) is 36.4 Å². The molecular formula is C31H33ClN6O. The van der Waals surface area contributed by atoms with Crippen molar-refractivity contribution in [1.29, 1.82) is 5.26 Å². The first-order valence-electron chi connectivity index (χ1n) is 12.6. The second-order valence-electron chi connectivity index (χ2n) is 8.86. The van der Waals surface area contributed by atoms with Crippen LogP contribution in [0, 0.1) is 11.3 Å². The van der Waals surface area contributed by atoms with Gasteiger partial charge in [-0.15, -0.1) is 6.58 Å². The highest BCUT2D eigenvalue weighted by molar-refractivity contribution is 6.45. The molecule has 7 nitrogen and oxygen atoms in total. The smallest absolute Gasteiger partial charge is 0.323 e. The number of aliphatic imine (C=N–C) groups is 1. The number of benzene rings is 3. The molecule has 200 valence electrons. The van der Waals surface area contributed by atoms with Gasteiger partial charge in [0, 0.05) is 22.7 Å². The van der Waals surface area contributed by atoms with Gasteiger partial charge < -0.3 is 21.3 Å². The molecule has 0 aliphatic carbocycles. The number of urea groups is 1. The van der Waals surface area contributed by atoms with Gasteiger partial charge >= 0.3 is 6.03 Å². The van der Waals surface area contributed by atoms with E-state index >= 15 is 0 Å². The molecule has 3 aromatic carbocycles. The van der Waals surface area contributed by atoms with E-state index in [9.17, 15) is 4.79 Å². The molecule has 8 heteroatoms. The van der Waals surface area contributed by atoms with Crippen molar-refractivity contribution >= 4 is 46.2 Å². The van der Waals surface area contributed by atoms with Crippen LogP contribution in [0.25, 0.3) is 0 Å². The SMILES string of the molecule is C/C=C(Cl)\C1=N/C(C)Nc2cccc(c2)CCc2cc(NC(=O)Nc3ccc(C#N)cc3)cc(c2)N1.C=CC. The first-order chi connectivity index (χ1) is 18.8. The van der Waals surface area contributed by atoms with Crippen molar-refractivity contribution in [2.24, 2.45) is 4.99 Å². The van der Waals surface area contributed by atoms with Crippen LogP contribution in [0.2, 0.25) is 0 Å². The van der Waals surface area contributed by atoms with E-state index in [4.69, 9.17) is 21.9 Å². The summed E-state index contributed by atoms with van der Waals surface area (Å²) < 4.78 is 0. The number of carbonyl (C=O) groups is 1. The van der Waals surface area contributed by atoms with Gasteiger partial charge in [-0.2, -0.15) is 5.26 Å². The summed E-state index contributed by atoms with van der Waals surface area (Å²) in [6, 6.07) is 22.5. The summed E-state index contributed by atoms with van der Waals surface area (Å²) in [7, 11) is 0. The molecular weight excluding hydrogens is 508 g/mol. The minimum Gasteiger partial charge on any atom is -0.364 e. The topological polar surface area (TPSA) is 101 Å². The maximum atomic E-state index is 12.7. The first-order valence-corrected chi connectivity index (χ1v) is 13.0. The van der Waals surface area contributed by atoms with E-state index in [2.05, 4.69) is 46.0 Å². The standard InChI is InChI=1S/C28H27ClN6O.C3H6/c1-3-26(29)27-32-18(2)31-23-6-4-5-19(13-23)7-8-21-14-24(33-27)16-25(15-21)35-28(36)34-22-11-9-20(17-30)10-12-22;1-3-2/h3-6,9-16,18,31H,7-8H2,1-2H3,(H,32,33)(H2,34,35,36);3H,1H2,2H3/b26-3+;. The number of nitrogens with zero attached hydrogens (tertiary/aromatic N) is 2. The van der Waals surface area contributed by atoms with Crippen LogP contribution in [-0.4, -0.2) is 18.0 Å². The summed E-state index contributed by atoms with van der Waals surface area (Å²) in [4.78, 5) is 17.4. The maximum absolute atomic E-state index is 12.7. The maximum Gasteiger partial charge on any atom is 0.323 e. The third-order valence-corrected chi connectivity index (χ3v) is 5.99. The van der Waals surface area contributed by atoms with Crippen LogP contribution in [0.5, 0.6) is 0 Å².